The molecular formula is C17H23F2N. The van der Waals surface area contributed by atoms with Gasteiger partial charge in [-0.25, -0.2) is 8.78 Å². The molecule has 0 aromatic heterocycles. The second-order valence-electron chi connectivity index (χ2n) is 5.83. The molecule has 0 bridgehead atoms. The van der Waals surface area contributed by atoms with Crippen LogP contribution in [0.15, 0.2) is 60.3 Å². The van der Waals surface area contributed by atoms with E-state index in [1.807, 2.05) is 19.1 Å². The second-order valence-corrected chi connectivity index (χ2v) is 5.83. The van der Waals surface area contributed by atoms with Crippen molar-refractivity contribution in [2.75, 3.05) is 0 Å². The maximum atomic E-state index is 14.2. The Morgan fingerprint density at radius 1 is 1.45 bits per heavy atom. The molecule has 110 valence electrons. The molecule has 1 nitrogen and oxygen atoms in total. The van der Waals surface area contributed by atoms with Crippen LogP contribution < -0.4 is 5.73 Å². The van der Waals surface area contributed by atoms with E-state index in [4.69, 9.17) is 5.73 Å². The van der Waals surface area contributed by atoms with E-state index in [1.54, 1.807) is 26.0 Å². The molecule has 0 radical (unpaired) electrons. The van der Waals surface area contributed by atoms with E-state index < -0.39 is 17.4 Å². The van der Waals surface area contributed by atoms with Gasteiger partial charge in [0.05, 0.1) is 0 Å². The summed E-state index contributed by atoms with van der Waals surface area (Å²) in [6.45, 7) is 12.5. The zero-order chi connectivity index (χ0) is 15.6. The van der Waals surface area contributed by atoms with Crippen molar-refractivity contribution in [2.24, 2.45) is 11.7 Å². The van der Waals surface area contributed by atoms with Crippen LogP contribution in [0.4, 0.5) is 8.78 Å². The fourth-order valence-corrected chi connectivity index (χ4v) is 2.18. The normalized spacial score (nSPS) is 26.7. The Labute approximate surface area is 120 Å². The van der Waals surface area contributed by atoms with Crippen molar-refractivity contribution in [3.63, 3.8) is 0 Å². The van der Waals surface area contributed by atoms with Crippen LogP contribution in [0.2, 0.25) is 0 Å². The molecule has 3 heteroatoms. The third-order valence-corrected chi connectivity index (χ3v) is 3.44. The Morgan fingerprint density at radius 3 is 2.55 bits per heavy atom. The predicted octanol–water partition coefficient (Wildman–Crippen LogP) is 4.55. The highest BCUT2D eigenvalue weighted by atomic mass is 19.3. The molecule has 20 heavy (non-hydrogen) atoms. The summed E-state index contributed by atoms with van der Waals surface area (Å²) in [6, 6.07) is 0. The van der Waals surface area contributed by atoms with Crippen LogP contribution in [-0.2, 0) is 0 Å². The van der Waals surface area contributed by atoms with Crippen LogP contribution in [0, 0.1) is 5.92 Å². The summed E-state index contributed by atoms with van der Waals surface area (Å²) in [5.41, 5.74) is 6.85. The van der Waals surface area contributed by atoms with Crippen molar-refractivity contribution < 1.29 is 8.78 Å². The fourth-order valence-electron chi connectivity index (χ4n) is 2.18. The molecule has 0 fully saturated rings. The lowest BCUT2D eigenvalue weighted by Crippen LogP contribution is -2.45. The van der Waals surface area contributed by atoms with E-state index in [0.29, 0.717) is 5.57 Å². The summed E-state index contributed by atoms with van der Waals surface area (Å²) in [4.78, 5) is 0. The minimum Gasteiger partial charge on any atom is -0.322 e. The number of alkyl halides is 2. The molecule has 2 N–H and O–H groups in total. The van der Waals surface area contributed by atoms with Gasteiger partial charge in [-0.1, -0.05) is 54.7 Å². The summed E-state index contributed by atoms with van der Waals surface area (Å²) >= 11 is 0. The zero-order valence-electron chi connectivity index (χ0n) is 12.4. The van der Waals surface area contributed by atoms with Crippen LogP contribution in [0.1, 0.15) is 27.2 Å². The van der Waals surface area contributed by atoms with Gasteiger partial charge in [-0.3, -0.25) is 0 Å². The van der Waals surface area contributed by atoms with Gasteiger partial charge in [-0.05, 0) is 20.8 Å². The average Bonchev–Trinajstić information content (AvgIpc) is 2.28. The minimum atomic E-state index is -2.99. The molecule has 0 aromatic carbocycles. The summed E-state index contributed by atoms with van der Waals surface area (Å²) in [5, 5.41) is 0. The molecular weight excluding hydrogens is 256 g/mol. The van der Waals surface area contributed by atoms with E-state index in [1.165, 1.54) is 6.08 Å². The molecule has 1 aliphatic carbocycles. The standard InChI is InChI=1S/C17H23F2N/c1-12(2)6-8-14(4)17(18,19)11-15-9-7-13(3)10-16(15,5)20/h6-10,15H,1,4,11,20H2,2-3,5H3/b8-6-. The molecule has 0 spiro atoms. The third kappa shape index (κ3) is 4.27. The lowest BCUT2D eigenvalue weighted by atomic mass is 9.77. The van der Waals surface area contributed by atoms with Crippen LogP contribution in [-0.4, -0.2) is 11.5 Å². The first-order valence-corrected chi connectivity index (χ1v) is 6.62. The highest BCUT2D eigenvalue weighted by Crippen LogP contribution is 2.37. The molecule has 2 atom stereocenters. The van der Waals surface area contributed by atoms with E-state index in [2.05, 4.69) is 13.2 Å². The average molecular weight is 279 g/mol. The van der Waals surface area contributed by atoms with Gasteiger partial charge in [-0.2, -0.15) is 0 Å². The van der Waals surface area contributed by atoms with Gasteiger partial charge < -0.3 is 5.73 Å². The summed E-state index contributed by atoms with van der Waals surface area (Å²) in [7, 11) is 0. The first-order chi connectivity index (χ1) is 9.04. The number of hydrogen-bond donors (Lipinski definition) is 1. The van der Waals surface area contributed by atoms with Crippen LogP contribution in [0.25, 0.3) is 0 Å². The van der Waals surface area contributed by atoms with E-state index >= 15 is 0 Å². The second kappa shape index (κ2) is 5.88. The maximum absolute atomic E-state index is 14.2. The van der Waals surface area contributed by atoms with Crippen molar-refractivity contribution in [3.8, 4) is 0 Å². The van der Waals surface area contributed by atoms with Crippen molar-refractivity contribution in [1.29, 1.82) is 0 Å². The Bertz CT molecular complexity index is 493. The summed E-state index contributed by atoms with van der Waals surface area (Å²) in [5.74, 6) is -3.41. The summed E-state index contributed by atoms with van der Waals surface area (Å²) < 4.78 is 28.4. The third-order valence-electron chi connectivity index (χ3n) is 3.44. The Hall–Kier alpha value is -1.48. The highest BCUT2D eigenvalue weighted by molar-refractivity contribution is 5.32. The SMILES string of the molecule is C=C(C)/C=C\C(=C)C(F)(F)CC1C=CC(C)=CC1(C)N. The Morgan fingerprint density at radius 2 is 2.05 bits per heavy atom. The number of rotatable bonds is 5. The quantitative estimate of drug-likeness (QED) is 0.734. The highest BCUT2D eigenvalue weighted by Gasteiger charge is 2.39. The van der Waals surface area contributed by atoms with Crippen molar-refractivity contribution in [2.45, 2.75) is 38.7 Å². The van der Waals surface area contributed by atoms with E-state index in [-0.39, 0.29) is 12.0 Å². The van der Waals surface area contributed by atoms with E-state index in [9.17, 15) is 8.78 Å². The molecule has 0 aliphatic heterocycles. The number of nitrogens with two attached hydrogens (primary N) is 1. The lowest BCUT2D eigenvalue weighted by molar-refractivity contribution is 0.0183. The van der Waals surface area contributed by atoms with Gasteiger partial charge in [0.15, 0.2) is 0 Å². The largest absolute Gasteiger partial charge is 0.322 e. The summed E-state index contributed by atoms with van der Waals surface area (Å²) in [6.07, 6.45) is 7.95. The molecule has 0 heterocycles. The van der Waals surface area contributed by atoms with Gasteiger partial charge in [0, 0.05) is 23.5 Å². The smallest absolute Gasteiger partial charge is 0.273 e. The zero-order valence-corrected chi connectivity index (χ0v) is 12.4. The van der Waals surface area contributed by atoms with Crippen LogP contribution in [0.3, 0.4) is 0 Å². The van der Waals surface area contributed by atoms with Crippen LogP contribution in [0.5, 0.6) is 0 Å². The molecule has 0 saturated heterocycles. The molecule has 0 aromatic rings. The Balaban J connectivity index is 2.84. The van der Waals surface area contributed by atoms with E-state index in [0.717, 1.165) is 5.57 Å². The molecule has 1 rings (SSSR count). The number of hydrogen-bond acceptors (Lipinski definition) is 1. The van der Waals surface area contributed by atoms with Crippen molar-refractivity contribution in [1.82, 2.24) is 0 Å². The van der Waals surface area contributed by atoms with Crippen molar-refractivity contribution in [3.05, 3.63) is 60.3 Å². The van der Waals surface area contributed by atoms with Gasteiger partial charge in [-0.15, -0.1) is 0 Å². The molecule has 0 amide bonds. The maximum Gasteiger partial charge on any atom is 0.273 e. The number of allylic oxidation sites excluding steroid dienone is 6. The van der Waals surface area contributed by atoms with Gasteiger partial charge in [0.25, 0.3) is 5.92 Å². The fraction of sp³-hybridized carbons (Fsp3) is 0.412. The monoisotopic (exact) mass is 279 g/mol. The minimum absolute atomic E-state index is 0.212. The van der Waals surface area contributed by atoms with Crippen molar-refractivity contribution >= 4 is 0 Å². The Kier molecular flexibility index (Phi) is 4.87. The first kappa shape index (κ1) is 16.6. The lowest BCUT2D eigenvalue weighted by Gasteiger charge is -2.35. The molecule has 2 unspecified atom stereocenters. The van der Waals surface area contributed by atoms with Gasteiger partial charge in [0.1, 0.15) is 0 Å². The first-order valence-electron chi connectivity index (χ1n) is 6.62. The molecule has 0 saturated carbocycles. The molecule has 1 aliphatic rings. The van der Waals surface area contributed by atoms with Crippen LogP contribution >= 0.6 is 0 Å². The van der Waals surface area contributed by atoms with Gasteiger partial charge in [0.2, 0.25) is 0 Å². The topological polar surface area (TPSA) is 26.0 Å². The number of halogens is 2. The van der Waals surface area contributed by atoms with Gasteiger partial charge >= 0.3 is 0 Å². The predicted molar refractivity (Wildman–Crippen MR) is 81.6 cm³/mol.